The highest BCUT2D eigenvalue weighted by molar-refractivity contribution is 6.36. The number of pyridine rings is 1. The lowest BCUT2D eigenvalue weighted by Crippen LogP contribution is -2.49. The largest absolute Gasteiger partial charge is 0.378 e. The van der Waals surface area contributed by atoms with Crippen LogP contribution in [0.1, 0.15) is 28.9 Å². The van der Waals surface area contributed by atoms with Crippen molar-refractivity contribution < 1.29 is 9.13 Å². The van der Waals surface area contributed by atoms with Gasteiger partial charge in [0.05, 0.1) is 64.3 Å². The van der Waals surface area contributed by atoms with Crippen molar-refractivity contribution in [3.05, 3.63) is 106 Å². The summed E-state index contributed by atoms with van der Waals surface area (Å²) in [4.78, 5) is 7.01. The van der Waals surface area contributed by atoms with E-state index in [1.54, 1.807) is 6.07 Å². The van der Waals surface area contributed by atoms with Gasteiger partial charge in [0, 0.05) is 47.9 Å². The Labute approximate surface area is 268 Å². The Balaban J connectivity index is 1.12. The van der Waals surface area contributed by atoms with E-state index >= 15 is 0 Å². The molecule has 8 rings (SSSR count). The number of hydrogen-bond donors (Lipinski definition) is 2. The third kappa shape index (κ3) is 5.16. The van der Waals surface area contributed by atoms with E-state index in [4.69, 9.17) is 27.9 Å². The maximum absolute atomic E-state index is 13.8. The van der Waals surface area contributed by atoms with Crippen molar-refractivity contribution in [2.45, 2.75) is 18.1 Å². The van der Waals surface area contributed by atoms with Gasteiger partial charge in [0.15, 0.2) is 0 Å². The second-order valence-electron chi connectivity index (χ2n) is 11.8. The first-order chi connectivity index (χ1) is 22.0. The molecule has 2 saturated heterocycles. The molecule has 2 N–H and O–H groups in total. The number of fused-ring (bicyclic) bond motifs is 2. The SMILES string of the molecule is N#Cc1cnc2c(Cl)cc(NC(c3ccccc3)c3cn(C4C5CN(C6COC6)CC54)nn3)cc2c1Nc1ccc(F)c(Cl)c1. The van der Waals surface area contributed by atoms with Gasteiger partial charge in [-0.1, -0.05) is 58.7 Å². The van der Waals surface area contributed by atoms with Crippen molar-refractivity contribution in [2.75, 3.05) is 36.9 Å². The molecule has 45 heavy (non-hydrogen) atoms. The van der Waals surface area contributed by atoms with Crippen LogP contribution in [0.3, 0.4) is 0 Å². The first-order valence-corrected chi connectivity index (χ1v) is 15.5. The minimum Gasteiger partial charge on any atom is -0.378 e. The highest BCUT2D eigenvalue weighted by Crippen LogP contribution is 2.55. The average Bonchev–Trinajstić information content (AvgIpc) is 3.32. The predicted molar refractivity (Wildman–Crippen MR) is 170 cm³/mol. The number of hydrogen-bond acceptors (Lipinski definition) is 8. The Morgan fingerprint density at radius 3 is 2.49 bits per heavy atom. The van der Waals surface area contributed by atoms with Gasteiger partial charge in [-0.2, -0.15) is 5.26 Å². The summed E-state index contributed by atoms with van der Waals surface area (Å²) in [5.74, 6) is 0.647. The Morgan fingerprint density at radius 2 is 1.78 bits per heavy atom. The van der Waals surface area contributed by atoms with Crippen LogP contribution in [0.4, 0.5) is 21.5 Å². The van der Waals surface area contributed by atoms with Crippen molar-refractivity contribution in [1.82, 2.24) is 24.9 Å². The summed E-state index contributed by atoms with van der Waals surface area (Å²) >= 11 is 12.8. The summed E-state index contributed by atoms with van der Waals surface area (Å²) in [6.07, 6.45) is 3.51. The van der Waals surface area contributed by atoms with Gasteiger partial charge in [-0.3, -0.25) is 9.88 Å². The molecular formula is C33H27Cl2FN8O. The van der Waals surface area contributed by atoms with E-state index in [0.29, 0.717) is 62.5 Å². The number of nitrogens with one attached hydrogen (secondary N) is 2. The molecule has 3 aromatic carbocycles. The molecule has 2 aliphatic heterocycles. The molecule has 2 aromatic heterocycles. The zero-order valence-corrected chi connectivity index (χ0v) is 25.4. The van der Waals surface area contributed by atoms with Gasteiger partial charge in [-0.15, -0.1) is 5.10 Å². The number of piperidine rings is 1. The number of halogens is 3. The fourth-order valence-corrected chi connectivity index (χ4v) is 7.09. The van der Waals surface area contributed by atoms with Crippen LogP contribution in [0.25, 0.3) is 10.9 Å². The first-order valence-electron chi connectivity index (χ1n) is 14.8. The van der Waals surface area contributed by atoms with Gasteiger partial charge in [0.1, 0.15) is 17.6 Å². The average molecular weight is 642 g/mol. The number of benzene rings is 3. The molecule has 1 saturated carbocycles. The first kappa shape index (κ1) is 28.2. The topological polar surface area (TPSA) is 104 Å². The molecule has 3 unspecified atom stereocenters. The molecule has 0 bridgehead atoms. The lowest BCUT2D eigenvalue weighted by molar-refractivity contribution is -0.0617. The monoisotopic (exact) mass is 640 g/mol. The minimum atomic E-state index is -0.531. The number of rotatable bonds is 8. The summed E-state index contributed by atoms with van der Waals surface area (Å²) in [5, 5.41) is 27.0. The number of aromatic nitrogens is 4. The summed E-state index contributed by atoms with van der Waals surface area (Å²) in [7, 11) is 0. The highest BCUT2D eigenvalue weighted by Gasteiger charge is 2.58. The van der Waals surface area contributed by atoms with Gasteiger partial charge >= 0.3 is 0 Å². The van der Waals surface area contributed by atoms with Crippen LogP contribution in [0.15, 0.2) is 73.1 Å². The molecule has 3 aliphatic rings. The Kier molecular flexibility index (Phi) is 7.07. The molecule has 0 amide bonds. The normalized spacial score (nSPS) is 21.6. The molecule has 226 valence electrons. The highest BCUT2D eigenvalue weighted by atomic mass is 35.5. The van der Waals surface area contributed by atoms with Crippen LogP contribution in [0.5, 0.6) is 0 Å². The smallest absolute Gasteiger partial charge is 0.141 e. The molecule has 0 spiro atoms. The molecule has 0 radical (unpaired) electrons. The van der Waals surface area contributed by atoms with Crippen LogP contribution < -0.4 is 10.6 Å². The van der Waals surface area contributed by atoms with Crippen LogP contribution in [-0.4, -0.2) is 57.2 Å². The van der Waals surface area contributed by atoms with Crippen molar-refractivity contribution in [2.24, 2.45) is 11.8 Å². The lowest BCUT2D eigenvalue weighted by Gasteiger charge is -2.35. The molecule has 5 aromatic rings. The molecule has 9 nitrogen and oxygen atoms in total. The Morgan fingerprint density at radius 1 is 1.00 bits per heavy atom. The van der Waals surface area contributed by atoms with E-state index in [9.17, 15) is 9.65 Å². The van der Waals surface area contributed by atoms with Crippen molar-refractivity contribution in [3.8, 4) is 6.07 Å². The maximum Gasteiger partial charge on any atom is 0.141 e. The second-order valence-corrected chi connectivity index (χ2v) is 12.7. The predicted octanol–water partition coefficient (Wildman–Crippen LogP) is 6.59. The van der Waals surface area contributed by atoms with Crippen LogP contribution in [-0.2, 0) is 4.74 Å². The molecule has 12 heteroatoms. The number of likely N-dealkylation sites (tertiary alicyclic amines) is 1. The van der Waals surface area contributed by atoms with Crippen molar-refractivity contribution >= 4 is 51.2 Å². The third-order valence-electron chi connectivity index (χ3n) is 9.12. The van der Waals surface area contributed by atoms with E-state index in [0.717, 1.165) is 37.6 Å². The summed E-state index contributed by atoms with van der Waals surface area (Å²) < 4.78 is 21.3. The second kappa shape index (κ2) is 11.3. The van der Waals surface area contributed by atoms with Gasteiger partial charge in [0.2, 0.25) is 0 Å². The molecular weight excluding hydrogens is 614 g/mol. The maximum atomic E-state index is 13.8. The van der Waals surface area contributed by atoms with Gasteiger partial charge in [-0.05, 0) is 35.9 Å². The van der Waals surface area contributed by atoms with Crippen LogP contribution >= 0.6 is 23.2 Å². The molecule has 3 atom stereocenters. The van der Waals surface area contributed by atoms with Gasteiger partial charge < -0.3 is 15.4 Å². The van der Waals surface area contributed by atoms with E-state index in [2.05, 4.69) is 36.9 Å². The van der Waals surface area contributed by atoms with Gasteiger partial charge in [-0.25, -0.2) is 9.07 Å². The number of anilines is 3. The van der Waals surface area contributed by atoms with Crippen molar-refractivity contribution in [1.29, 1.82) is 5.26 Å². The fourth-order valence-electron chi connectivity index (χ4n) is 6.64. The number of nitriles is 1. The zero-order valence-electron chi connectivity index (χ0n) is 23.9. The fraction of sp³-hybridized carbons (Fsp3) is 0.273. The molecule has 4 heterocycles. The van der Waals surface area contributed by atoms with Crippen LogP contribution in [0, 0.1) is 29.0 Å². The quantitative estimate of drug-likeness (QED) is 0.196. The standard InChI is InChI=1S/C33H27Cl2FN8O/c34-26-9-20(6-7-28(26)36)39-30-19(11-37)12-38-32-23(30)8-21(10-27(32)35)40-31(18-4-2-1-3-5-18)29-15-44(42-41-29)33-24-13-43(14-25(24)33)22-16-45-17-22/h1-10,12,15,22,24-25,31,33,40H,13-14,16-17H2,(H,38,39). The van der Waals surface area contributed by atoms with Crippen LogP contribution in [0.2, 0.25) is 10.0 Å². The number of nitrogens with zero attached hydrogens (tertiary/aromatic N) is 6. The van der Waals surface area contributed by atoms with Gasteiger partial charge in [0.25, 0.3) is 0 Å². The Hall–Kier alpha value is -4.27. The zero-order chi connectivity index (χ0) is 30.7. The van der Waals surface area contributed by atoms with E-state index < -0.39 is 5.82 Å². The minimum absolute atomic E-state index is 0.0314. The van der Waals surface area contributed by atoms with E-state index in [1.807, 2.05) is 53.3 Å². The Bertz CT molecular complexity index is 1950. The lowest BCUT2D eigenvalue weighted by atomic mass is 10.0. The number of ether oxygens (including phenoxy) is 1. The molecule has 1 aliphatic carbocycles. The van der Waals surface area contributed by atoms with E-state index in [1.165, 1.54) is 18.3 Å². The summed E-state index contributed by atoms with van der Waals surface area (Å²) in [6, 6.07) is 20.8. The van der Waals surface area contributed by atoms with Crippen molar-refractivity contribution in [3.63, 3.8) is 0 Å². The summed E-state index contributed by atoms with van der Waals surface area (Å²) in [5.41, 5.74) is 4.33. The third-order valence-corrected chi connectivity index (χ3v) is 9.70. The van der Waals surface area contributed by atoms with E-state index in [-0.39, 0.29) is 11.1 Å². The molecule has 3 fully saturated rings. The summed E-state index contributed by atoms with van der Waals surface area (Å²) in [6.45, 7) is 3.83.